The number of nitro benzene ring substituents is 1. The minimum atomic E-state index is -0.573. The Hall–Kier alpha value is -5.27. The topological polar surface area (TPSA) is 164 Å². The lowest BCUT2D eigenvalue weighted by atomic mass is 10.2. The Bertz CT molecular complexity index is 1420. The quantitative estimate of drug-likeness (QED) is 0.327. The lowest BCUT2D eigenvalue weighted by Crippen LogP contribution is -2.46. The third-order valence-corrected chi connectivity index (χ3v) is 6.76. The molecule has 1 N–H and O–H groups in total. The summed E-state index contributed by atoms with van der Waals surface area (Å²) in [5.41, 5.74) is 1.58. The van der Waals surface area contributed by atoms with E-state index in [2.05, 4.69) is 20.1 Å². The van der Waals surface area contributed by atoms with Gasteiger partial charge in [0.05, 0.1) is 22.9 Å². The number of pyridine rings is 1. The van der Waals surface area contributed by atoms with E-state index in [1.165, 1.54) is 41.4 Å². The first-order valence-electron chi connectivity index (χ1n) is 12.5. The molecule has 2 aliphatic rings. The van der Waals surface area contributed by atoms with E-state index < -0.39 is 28.0 Å². The van der Waals surface area contributed by atoms with Crippen LogP contribution in [0.25, 0.3) is 0 Å². The van der Waals surface area contributed by atoms with E-state index in [1.54, 1.807) is 6.07 Å². The van der Waals surface area contributed by atoms with Gasteiger partial charge in [0.1, 0.15) is 18.1 Å². The number of hydrogen-bond donors (Lipinski definition) is 1. The van der Waals surface area contributed by atoms with Gasteiger partial charge in [-0.2, -0.15) is 0 Å². The van der Waals surface area contributed by atoms with Crippen LogP contribution in [-0.2, 0) is 4.74 Å². The molecule has 0 radical (unpaired) electrons. The van der Waals surface area contributed by atoms with Crippen LogP contribution in [-0.4, -0.2) is 72.2 Å². The van der Waals surface area contributed by atoms with E-state index in [4.69, 9.17) is 4.74 Å². The Balaban J connectivity index is 1.13. The maximum absolute atomic E-state index is 12.5. The fourth-order valence-electron chi connectivity index (χ4n) is 4.62. The summed E-state index contributed by atoms with van der Waals surface area (Å²) in [6.45, 7) is 3.18. The summed E-state index contributed by atoms with van der Waals surface area (Å²) in [6, 6.07) is 16.0. The first kappa shape index (κ1) is 26.3. The molecule has 3 heterocycles. The molecule has 40 heavy (non-hydrogen) atoms. The summed E-state index contributed by atoms with van der Waals surface area (Å²) in [4.78, 5) is 55.6. The highest BCUT2D eigenvalue weighted by Crippen LogP contribution is 2.26. The number of nitro groups is 2. The molecule has 2 fully saturated rings. The molecule has 0 spiro atoms. The standard InChI is InChI=1S/C26H25N7O7/c34-25(18-2-1-3-21(14-18)32(36)37)28-16-23-17-31(26(35)40-23)20-6-4-19(5-7-20)29-10-12-30(13-11-29)24-9-8-22(15-27-24)33(38)39/h1-9,14-15,23H,10-13,16-17H2,(H,28,34). The molecule has 14 heteroatoms. The Labute approximate surface area is 228 Å². The van der Waals surface area contributed by atoms with Crippen molar-refractivity contribution in [2.45, 2.75) is 6.10 Å². The molecule has 2 aliphatic heterocycles. The van der Waals surface area contributed by atoms with Gasteiger partial charge in [-0.3, -0.25) is 29.9 Å². The van der Waals surface area contributed by atoms with Crippen LogP contribution in [0.3, 0.4) is 0 Å². The van der Waals surface area contributed by atoms with Crippen molar-refractivity contribution in [1.82, 2.24) is 10.3 Å². The molecule has 2 amide bonds. The smallest absolute Gasteiger partial charge is 0.414 e. The van der Waals surface area contributed by atoms with Gasteiger partial charge in [-0.05, 0) is 36.4 Å². The van der Waals surface area contributed by atoms with Gasteiger partial charge in [0.2, 0.25) is 0 Å². The van der Waals surface area contributed by atoms with Gasteiger partial charge in [-0.1, -0.05) is 6.07 Å². The minimum absolute atomic E-state index is 0.0408. The average Bonchev–Trinajstić information content (AvgIpc) is 3.36. The SMILES string of the molecule is O=C(NCC1CN(c2ccc(N3CCN(c4ccc([N+](=O)[O-])cn4)CC3)cc2)C(=O)O1)c1cccc([N+](=O)[O-])c1. The van der Waals surface area contributed by atoms with E-state index in [1.807, 2.05) is 24.3 Å². The zero-order valence-electron chi connectivity index (χ0n) is 21.2. The average molecular weight is 548 g/mol. The number of rotatable bonds is 8. The second-order valence-electron chi connectivity index (χ2n) is 9.26. The number of carbonyl (C=O) groups excluding carboxylic acids is 2. The number of nitrogens with one attached hydrogen (secondary N) is 1. The number of hydrogen-bond acceptors (Lipinski definition) is 10. The summed E-state index contributed by atoms with van der Waals surface area (Å²) in [5.74, 6) is 0.205. The first-order valence-corrected chi connectivity index (χ1v) is 12.5. The molecule has 1 unspecified atom stereocenters. The number of piperazine rings is 1. The third-order valence-electron chi connectivity index (χ3n) is 6.76. The Morgan fingerprint density at radius 1 is 0.925 bits per heavy atom. The fraction of sp³-hybridized carbons (Fsp3) is 0.269. The molecule has 14 nitrogen and oxygen atoms in total. The first-order chi connectivity index (χ1) is 19.3. The van der Waals surface area contributed by atoms with Crippen LogP contribution in [0.2, 0.25) is 0 Å². The Morgan fingerprint density at radius 2 is 1.60 bits per heavy atom. The van der Waals surface area contributed by atoms with Gasteiger partial charge in [0, 0.05) is 61.3 Å². The second kappa shape index (κ2) is 11.2. The zero-order chi connectivity index (χ0) is 28.2. The van der Waals surface area contributed by atoms with Gasteiger partial charge in [0.25, 0.3) is 17.3 Å². The van der Waals surface area contributed by atoms with Crippen molar-refractivity contribution in [3.8, 4) is 0 Å². The summed E-state index contributed by atoms with van der Waals surface area (Å²) >= 11 is 0. The molecule has 3 aromatic rings. The molecular weight excluding hydrogens is 522 g/mol. The van der Waals surface area contributed by atoms with Crippen LogP contribution >= 0.6 is 0 Å². The molecule has 2 saturated heterocycles. The number of ether oxygens (including phenoxy) is 1. The van der Waals surface area contributed by atoms with Gasteiger partial charge in [-0.25, -0.2) is 9.78 Å². The molecule has 0 saturated carbocycles. The van der Waals surface area contributed by atoms with Crippen LogP contribution in [0.5, 0.6) is 0 Å². The van der Waals surface area contributed by atoms with Crippen molar-refractivity contribution in [3.63, 3.8) is 0 Å². The molecule has 0 bridgehead atoms. The van der Waals surface area contributed by atoms with E-state index in [9.17, 15) is 29.8 Å². The molecule has 2 aromatic carbocycles. The number of anilines is 3. The van der Waals surface area contributed by atoms with Crippen LogP contribution in [0.15, 0.2) is 66.9 Å². The fourth-order valence-corrected chi connectivity index (χ4v) is 4.62. The van der Waals surface area contributed by atoms with Crippen molar-refractivity contribution >= 4 is 40.6 Å². The Morgan fingerprint density at radius 3 is 2.25 bits per heavy atom. The van der Waals surface area contributed by atoms with Crippen LogP contribution in [0.1, 0.15) is 10.4 Å². The van der Waals surface area contributed by atoms with Crippen molar-refractivity contribution < 1.29 is 24.2 Å². The number of non-ortho nitro benzene ring substituents is 1. The van der Waals surface area contributed by atoms with Crippen molar-refractivity contribution in [2.75, 3.05) is 54.0 Å². The summed E-state index contributed by atoms with van der Waals surface area (Å²) < 4.78 is 5.40. The lowest BCUT2D eigenvalue weighted by Gasteiger charge is -2.36. The summed E-state index contributed by atoms with van der Waals surface area (Å²) in [7, 11) is 0. The number of benzene rings is 2. The van der Waals surface area contributed by atoms with Gasteiger partial charge < -0.3 is 19.9 Å². The molecule has 1 atom stereocenters. The normalized spacial score (nSPS) is 16.9. The van der Waals surface area contributed by atoms with E-state index in [-0.39, 0.29) is 30.0 Å². The van der Waals surface area contributed by atoms with Crippen molar-refractivity contribution in [2.24, 2.45) is 0 Å². The number of aromatic nitrogens is 1. The highest BCUT2D eigenvalue weighted by atomic mass is 16.6. The van der Waals surface area contributed by atoms with E-state index in [0.717, 1.165) is 18.8 Å². The molecular formula is C26H25N7O7. The highest BCUT2D eigenvalue weighted by molar-refractivity contribution is 5.95. The zero-order valence-corrected chi connectivity index (χ0v) is 21.2. The van der Waals surface area contributed by atoms with Gasteiger partial charge in [0.15, 0.2) is 0 Å². The van der Waals surface area contributed by atoms with E-state index >= 15 is 0 Å². The summed E-state index contributed by atoms with van der Waals surface area (Å²) in [6.07, 6.45) is 0.169. The van der Waals surface area contributed by atoms with Crippen LogP contribution in [0, 0.1) is 20.2 Å². The Kier molecular flexibility index (Phi) is 7.39. The molecule has 0 aliphatic carbocycles. The number of amides is 2. The van der Waals surface area contributed by atoms with Gasteiger partial charge >= 0.3 is 6.09 Å². The number of nitrogens with zero attached hydrogens (tertiary/aromatic N) is 6. The minimum Gasteiger partial charge on any atom is -0.442 e. The molecule has 1 aromatic heterocycles. The lowest BCUT2D eigenvalue weighted by molar-refractivity contribution is -0.385. The third kappa shape index (κ3) is 5.75. The number of cyclic esters (lactones) is 1. The van der Waals surface area contributed by atoms with Crippen LogP contribution < -0.4 is 20.0 Å². The predicted molar refractivity (Wildman–Crippen MR) is 145 cm³/mol. The van der Waals surface area contributed by atoms with Crippen molar-refractivity contribution in [1.29, 1.82) is 0 Å². The van der Waals surface area contributed by atoms with Crippen LogP contribution in [0.4, 0.5) is 33.4 Å². The molecule has 5 rings (SSSR count). The maximum Gasteiger partial charge on any atom is 0.414 e. The van der Waals surface area contributed by atoms with E-state index in [0.29, 0.717) is 24.6 Å². The second-order valence-corrected chi connectivity index (χ2v) is 9.26. The monoisotopic (exact) mass is 547 g/mol. The molecule has 206 valence electrons. The van der Waals surface area contributed by atoms with Gasteiger partial charge in [-0.15, -0.1) is 0 Å². The van der Waals surface area contributed by atoms with Crippen molar-refractivity contribution in [3.05, 3.63) is 92.7 Å². The highest BCUT2D eigenvalue weighted by Gasteiger charge is 2.33. The largest absolute Gasteiger partial charge is 0.442 e. The number of carbonyl (C=O) groups is 2. The maximum atomic E-state index is 12.5. The predicted octanol–water partition coefficient (Wildman–Crippen LogP) is 2.98. The summed E-state index contributed by atoms with van der Waals surface area (Å²) in [5, 5.41) is 24.4.